The zero-order valence-electron chi connectivity index (χ0n) is 8.06. The van der Waals surface area contributed by atoms with Gasteiger partial charge < -0.3 is 9.80 Å². The fourth-order valence-corrected chi connectivity index (χ4v) is 0.674. The van der Waals surface area contributed by atoms with Crippen LogP contribution in [0.4, 0.5) is 13.2 Å². The van der Waals surface area contributed by atoms with E-state index >= 15 is 0 Å². The van der Waals surface area contributed by atoms with Crippen molar-refractivity contribution >= 4 is 10.1 Å². The van der Waals surface area contributed by atoms with Crippen LogP contribution in [-0.4, -0.2) is 49.0 Å². The van der Waals surface area contributed by atoms with Crippen LogP contribution < -0.4 is 0 Å². The molecule has 1 aliphatic heterocycles. The highest BCUT2D eigenvalue weighted by Gasteiger charge is 2.44. The van der Waals surface area contributed by atoms with Crippen LogP contribution in [0.25, 0.3) is 0 Å². The van der Waals surface area contributed by atoms with Crippen molar-refractivity contribution in [3.05, 3.63) is 12.4 Å². The molecular weight excluding hydrogens is 237 g/mol. The Bertz CT molecular complexity index is 315. The predicted molar refractivity (Wildman–Crippen MR) is 47.1 cm³/mol. The van der Waals surface area contributed by atoms with E-state index in [1.807, 2.05) is 0 Å². The monoisotopic (exact) mass is 248 g/mol. The fourth-order valence-electron chi connectivity index (χ4n) is 0.674. The minimum absolute atomic E-state index is 1.03. The number of nitrogens with zero attached hydrogens (tertiary/aromatic N) is 2. The van der Waals surface area contributed by atoms with Gasteiger partial charge in [-0.25, -0.2) is 0 Å². The Morgan fingerprint density at radius 1 is 1.20 bits per heavy atom. The van der Waals surface area contributed by atoms with Crippen LogP contribution in [0.1, 0.15) is 0 Å². The van der Waals surface area contributed by atoms with Gasteiger partial charge in [-0.15, -0.1) is 0 Å². The van der Waals surface area contributed by atoms with Gasteiger partial charge >= 0.3 is 15.6 Å². The molecule has 9 heteroatoms. The minimum atomic E-state index is -5.84. The van der Waals surface area contributed by atoms with Gasteiger partial charge in [-0.3, -0.25) is 4.55 Å². The molecule has 1 aliphatic rings. The third-order valence-electron chi connectivity index (χ3n) is 1.31. The molecule has 0 aromatic rings. The van der Waals surface area contributed by atoms with E-state index in [0.717, 1.165) is 6.67 Å². The Kier molecular flexibility index (Phi) is 4.41. The fraction of sp³-hybridized carbons (Fsp3) is 0.667. The summed E-state index contributed by atoms with van der Waals surface area (Å²) in [5, 5.41) is 0. The van der Waals surface area contributed by atoms with Crippen LogP contribution in [0, 0.1) is 0 Å². The van der Waals surface area contributed by atoms with Crippen LogP contribution in [0.5, 0.6) is 0 Å². The molecule has 0 bridgehead atoms. The molecule has 0 aromatic heterocycles. The maximum absolute atomic E-state index is 10.7. The molecule has 1 heterocycles. The summed E-state index contributed by atoms with van der Waals surface area (Å²) in [6, 6.07) is 0. The first kappa shape index (κ1) is 14.0. The molecular formula is C6H11F3N2O3S. The smallest absolute Gasteiger partial charge is 0.362 e. The summed E-state index contributed by atoms with van der Waals surface area (Å²) in [4.78, 5) is 4.25. The van der Waals surface area contributed by atoms with E-state index in [0.29, 0.717) is 0 Å². The van der Waals surface area contributed by atoms with Crippen LogP contribution >= 0.6 is 0 Å². The van der Waals surface area contributed by atoms with Gasteiger partial charge in [-0.2, -0.15) is 21.6 Å². The molecule has 5 nitrogen and oxygen atoms in total. The van der Waals surface area contributed by atoms with E-state index in [9.17, 15) is 13.2 Å². The molecule has 0 fully saturated rings. The summed E-state index contributed by atoms with van der Waals surface area (Å²) in [5.74, 6) is 0. The second-order valence-electron chi connectivity index (χ2n) is 2.87. The third-order valence-corrected chi connectivity index (χ3v) is 1.90. The summed E-state index contributed by atoms with van der Waals surface area (Å²) in [6.07, 6.45) is 4.11. The maximum Gasteiger partial charge on any atom is 0.522 e. The number of rotatable bonds is 0. The van der Waals surface area contributed by atoms with E-state index in [1.165, 1.54) is 0 Å². The number of alkyl halides is 3. The zero-order valence-corrected chi connectivity index (χ0v) is 8.88. The Hall–Kier alpha value is -0.960. The van der Waals surface area contributed by atoms with Crippen molar-refractivity contribution in [2.45, 2.75) is 5.51 Å². The second kappa shape index (κ2) is 4.71. The number of hydrogen-bond donors (Lipinski definition) is 1. The zero-order chi connectivity index (χ0) is 12.3. The highest BCUT2D eigenvalue weighted by molar-refractivity contribution is 7.86. The van der Waals surface area contributed by atoms with Crippen LogP contribution in [0.2, 0.25) is 0 Å². The van der Waals surface area contributed by atoms with Gasteiger partial charge in [0.2, 0.25) is 0 Å². The van der Waals surface area contributed by atoms with Gasteiger partial charge in [-0.1, -0.05) is 0 Å². The summed E-state index contributed by atoms with van der Waals surface area (Å²) >= 11 is 0. The molecule has 0 atom stereocenters. The quantitative estimate of drug-likeness (QED) is 0.504. The summed E-state index contributed by atoms with van der Waals surface area (Å²) in [6.45, 7) is 1.03. The molecule has 0 unspecified atom stereocenters. The van der Waals surface area contributed by atoms with Gasteiger partial charge in [0.05, 0.1) is 6.67 Å². The van der Waals surface area contributed by atoms with Crippen molar-refractivity contribution in [2.24, 2.45) is 0 Å². The summed E-state index contributed by atoms with van der Waals surface area (Å²) in [5.41, 5.74) is -5.53. The highest BCUT2D eigenvalue weighted by Crippen LogP contribution is 2.20. The summed E-state index contributed by atoms with van der Waals surface area (Å²) in [7, 11) is -1.73. The lowest BCUT2D eigenvalue weighted by atomic mass is 10.9. The number of halogens is 3. The Morgan fingerprint density at radius 2 is 1.47 bits per heavy atom. The molecule has 0 aromatic carbocycles. The predicted octanol–water partition coefficient (Wildman–Crippen LogP) is 0.686. The molecule has 1 rings (SSSR count). The summed E-state index contributed by atoms with van der Waals surface area (Å²) < 4.78 is 57.5. The maximum atomic E-state index is 10.7. The van der Waals surface area contributed by atoms with E-state index < -0.39 is 15.6 Å². The minimum Gasteiger partial charge on any atom is -0.362 e. The first-order valence-electron chi connectivity index (χ1n) is 3.66. The van der Waals surface area contributed by atoms with Crippen molar-refractivity contribution in [3.63, 3.8) is 0 Å². The van der Waals surface area contributed by atoms with Crippen LogP contribution in [0.15, 0.2) is 12.4 Å². The molecule has 1 N–H and O–H groups in total. The average Bonchev–Trinajstić information content (AvgIpc) is 2.31. The molecule has 0 amide bonds. The van der Waals surface area contributed by atoms with E-state index in [4.69, 9.17) is 13.0 Å². The molecule has 0 saturated heterocycles. The Balaban J connectivity index is 0.000000262. The Labute approximate surface area is 85.5 Å². The van der Waals surface area contributed by atoms with Gasteiger partial charge in [0.15, 0.2) is 0 Å². The van der Waals surface area contributed by atoms with Gasteiger partial charge in [0.25, 0.3) is 0 Å². The molecule has 0 saturated carbocycles. The first-order valence-corrected chi connectivity index (χ1v) is 5.10. The second-order valence-corrected chi connectivity index (χ2v) is 4.29. The van der Waals surface area contributed by atoms with E-state index in [2.05, 4.69) is 36.3 Å². The topological polar surface area (TPSA) is 60.9 Å². The lowest BCUT2D eigenvalue weighted by molar-refractivity contribution is -0.0510. The molecule has 15 heavy (non-hydrogen) atoms. The molecule has 0 radical (unpaired) electrons. The Morgan fingerprint density at radius 3 is 1.53 bits per heavy atom. The first-order chi connectivity index (χ1) is 6.54. The van der Waals surface area contributed by atoms with Crippen LogP contribution in [0.3, 0.4) is 0 Å². The average molecular weight is 248 g/mol. The van der Waals surface area contributed by atoms with Gasteiger partial charge in [0.1, 0.15) is 0 Å². The normalized spacial score (nSPS) is 16.4. The molecule has 90 valence electrons. The van der Waals surface area contributed by atoms with Gasteiger partial charge in [0, 0.05) is 26.5 Å². The van der Waals surface area contributed by atoms with Crippen LogP contribution in [-0.2, 0) is 10.1 Å². The third kappa shape index (κ3) is 5.47. The van der Waals surface area contributed by atoms with E-state index in [1.54, 1.807) is 0 Å². The number of hydrogen-bond acceptors (Lipinski definition) is 4. The van der Waals surface area contributed by atoms with Gasteiger partial charge in [-0.05, 0) is 0 Å². The van der Waals surface area contributed by atoms with Crippen molar-refractivity contribution in [1.29, 1.82) is 0 Å². The van der Waals surface area contributed by atoms with E-state index in [-0.39, 0.29) is 0 Å². The SMILES string of the molecule is CN1C=CN(C)C1.O=S(=O)(O)C(F)(F)F. The highest BCUT2D eigenvalue weighted by atomic mass is 32.2. The molecule has 0 aliphatic carbocycles. The lowest BCUT2D eigenvalue weighted by Crippen LogP contribution is -2.21. The molecule has 0 spiro atoms. The standard InChI is InChI=1S/C5H10N2.CHF3O3S/c1-6-3-4-7(2)5-6;2-1(3,4)8(5,6)7/h3-4H,5H2,1-2H3;(H,5,6,7). The van der Waals surface area contributed by atoms with Crippen molar-refractivity contribution in [1.82, 2.24) is 9.80 Å². The lowest BCUT2D eigenvalue weighted by Gasteiger charge is -2.10. The van der Waals surface area contributed by atoms with Crippen molar-refractivity contribution < 1.29 is 26.1 Å². The van der Waals surface area contributed by atoms with Crippen molar-refractivity contribution in [3.8, 4) is 0 Å². The largest absolute Gasteiger partial charge is 0.522 e. The van der Waals surface area contributed by atoms with Crippen molar-refractivity contribution in [2.75, 3.05) is 20.8 Å².